The maximum atomic E-state index is 13.1. The third-order valence-electron chi connectivity index (χ3n) is 2.83. The molecule has 1 amide bonds. The van der Waals surface area contributed by atoms with Crippen LogP contribution in [0.4, 0.5) is 10.1 Å². The quantitative estimate of drug-likeness (QED) is 0.792. The first kappa shape index (κ1) is 13.5. The van der Waals surface area contributed by atoms with Crippen LogP contribution in [-0.4, -0.2) is 10.9 Å². The fourth-order valence-electron chi connectivity index (χ4n) is 1.90. The third-order valence-corrected chi connectivity index (χ3v) is 3.83. The van der Waals surface area contributed by atoms with Gasteiger partial charge in [0, 0.05) is 10.6 Å². The Morgan fingerprint density at radius 3 is 2.90 bits per heavy atom. The zero-order valence-corrected chi connectivity index (χ0v) is 11.9. The Labute approximate surface area is 124 Å². The molecule has 106 valence electrons. The molecule has 0 fully saturated rings. The van der Waals surface area contributed by atoms with Crippen LogP contribution in [0.15, 0.2) is 47.2 Å². The summed E-state index contributed by atoms with van der Waals surface area (Å²) in [5.74, 6) is -0.431. The number of carbonyl (C=O) groups is 1. The Hall–Kier alpha value is -2.47. The smallest absolute Gasteiger partial charge is 0.278 e. The van der Waals surface area contributed by atoms with Crippen LogP contribution < -0.4 is 5.32 Å². The number of thiophene rings is 1. The van der Waals surface area contributed by atoms with Crippen molar-refractivity contribution < 1.29 is 13.6 Å². The van der Waals surface area contributed by atoms with Crippen LogP contribution >= 0.6 is 11.3 Å². The minimum absolute atomic E-state index is 0.182. The Kier molecular flexibility index (Phi) is 3.53. The van der Waals surface area contributed by atoms with Crippen LogP contribution in [0.5, 0.6) is 0 Å². The van der Waals surface area contributed by atoms with Crippen LogP contribution in [0.3, 0.4) is 0 Å². The molecular weight excluding hydrogens is 291 g/mol. The highest BCUT2D eigenvalue weighted by Crippen LogP contribution is 2.30. The van der Waals surface area contributed by atoms with Crippen molar-refractivity contribution in [3.05, 3.63) is 59.2 Å². The summed E-state index contributed by atoms with van der Waals surface area (Å²) in [6.07, 6.45) is 1.23. The number of nitrogens with zero attached hydrogens (tertiary/aromatic N) is 1. The van der Waals surface area contributed by atoms with Crippen LogP contribution in [0.2, 0.25) is 0 Å². The van der Waals surface area contributed by atoms with Gasteiger partial charge in [0.1, 0.15) is 5.82 Å². The SMILES string of the molecule is Cc1ccc(-c2ocnc2C(=O)Nc2cccc(F)c2)s1. The van der Waals surface area contributed by atoms with E-state index in [1.807, 2.05) is 19.1 Å². The molecule has 0 saturated carbocycles. The number of aromatic nitrogens is 1. The first-order valence-electron chi connectivity index (χ1n) is 6.21. The van der Waals surface area contributed by atoms with Crippen LogP contribution in [0, 0.1) is 12.7 Å². The minimum atomic E-state index is -0.435. The maximum absolute atomic E-state index is 13.1. The van der Waals surface area contributed by atoms with E-state index in [0.717, 1.165) is 9.75 Å². The molecule has 6 heteroatoms. The van der Waals surface area contributed by atoms with Crippen molar-refractivity contribution in [3.8, 4) is 10.6 Å². The molecule has 0 aliphatic carbocycles. The lowest BCUT2D eigenvalue weighted by Crippen LogP contribution is -2.13. The van der Waals surface area contributed by atoms with E-state index < -0.39 is 11.7 Å². The third kappa shape index (κ3) is 2.85. The van der Waals surface area contributed by atoms with E-state index in [-0.39, 0.29) is 5.69 Å². The molecule has 2 aromatic heterocycles. The number of benzene rings is 1. The highest BCUT2D eigenvalue weighted by molar-refractivity contribution is 7.15. The van der Waals surface area contributed by atoms with Crippen molar-refractivity contribution in [2.24, 2.45) is 0 Å². The van der Waals surface area contributed by atoms with E-state index in [0.29, 0.717) is 11.4 Å². The molecule has 21 heavy (non-hydrogen) atoms. The Bertz CT molecular complexity index is 794. The number of hydrogen-bond donors (Lipinski definition) is 1. The zero-order valence-electron chi connectivity index (χ0n) is 11.1. The summed E-state index contributed by atoms with van der Waals surface area (Å²) in [4.78, 5) is 18.1. The van der Waals surface area contributed by atoms with Gasteiger partial charge in [-0.3, -0.25) is 4.79 Å². The number of rotatable bonds is 3. The molecule has 0 atom stereocenters. The molecule has 0 aliphatic rings. The molecule has 0 radical (unpaired) electrons. The van der Waals surface area contributed by atoms with Crippen molar-refractivity contribution in [3.63, 3.8) is 0 Å². The van der Waals surface area contributed by atoms with Crippen molar-refractivity contribution in [1.82, 2.24) is 4.98 Å². The summed E-state index contributed by atoms with van der Waals surface area (Å²) in [5, 5.41) is 2.61. The van der Waals surface area contributed by atoms with Gasteiger partial charge in [0.15, 0.2) is 17.8 Å². The van der Waals surface area contributed by atoms with E-state index in [2.05, 4.69) is 10.3 Å². The summed E-state index contributed by atoms with van der Waals surface area (Å²) in [6, 6.07) is 9.50. The van der Waals surface area contributed by atoms with Crippen molar-refractivity contribution >= 4 is 22.9 Å². The number of nitrogens with one attached hydrogen (secondary N) is 1. The number of oxazole rings is 1. The largest absolute Gasteiger partial charge is 0.442 e. The summed E-state index contributed by atoms with van der Waals surface area (Å²) in [5.41, 5.74) is 0.553. The van der Waals surface area contributed by atoms with Crippen molar-refractivity contribution in [1.29, 1.82) is 0 Å². The normalized spacial score (nSPS) is 10.6. The zero-order chi connectivity index (χ0) is 14.8. The van der Waals surface area contributed by atoms with Gasteiger partial charge in [0.25, 0.3) is 5.91 Å². The summed E-state index contributed by atoms with van der Waals surface area (Å²) in [7, 11) is 0. The van der Waals surface area contributed by atoms with Gasteiger partial charge in [-0.25, -0.2) is 9.37 Å². The number of halogens is 1. The average Bonchev–Trinajstić information content (AvgIpc) is 3.06. The second kappa shape index (κ2) is 5.49. The Morgan fingerprint density at radius 2 is 2.19 bits per heavy atom. The van der Waals surface area contributed by atoms with Gasteiger partial charge in [0.2, 0.25) is 0 Å². The van der Waals surface area contributed by atoms with Gasteiger partial charge in [0.05, 0.1) is 4.88 Å². The average molecular weight is 302 g/mol. The van der Waals surface area contributed by atoms with Gasteiger partial charge in [-0.05, 0) is 37.3 Å². The molecule has 0 unspecified atom stereocenters. The van der Waals surface area contributed by atoms with Gasteiger partial charge >= 0.3 is 0 Å². The van der Waals surface area contributed by atoms with Gasteiger partial charge in [-0.15, -0.1) is 11.3 Å². The number of carbonyl (C=O) groups excluding carboxylic acids is 1. The Balaban J connectivity index is 1.88. The van der Waals surface area contributed by atoms with E-state index in [4.69, 9.17) is 4.42 Å². The minimum Gasteiger partial charge on any atom is -0.442 e. The number of anilines is 1. The Morgan fingerprint density at radius 1 is 1.33 bits per heavy atom. The second-order valence-corrected chi connectivity index (χ2v) is 5.69. The van der Waals surface area contributed by atoms with Crippen LogP contribution in [0.25, 0.3) is 10.6 Å². The molecule has 3 rings (SSSR count). The molecule has 1 aromatic carbocycles. The molecule has 4 nitrogen and oxygen atoms in total. The lowest BCUT2D eigenvalue weighted by molar-refractivity contribution is 0.102. The van der Waals surface area contributed by atoms with Gasteiger partial charge in [-0.1, -0.05) is 6.07 Å². The van der Waals surface area contributed by atoms with E-state index in [1.165, 1.54) is 35.9 Å². The monoisotopic (exact) mass is 302 g/mol. The number of amides is 1. The van der Waals surface area contributed by atoms with E-state index in [1.54, 1.807) is 6.07 Å². The molecule has 0 spiro atoms. The van der Waals surface area contributed by atoms with E-state index in [9.17, 15) is 9.18 Å². The number of hydrogen-bond acceptors (Lipinski definition) is 4. The molecule has 2 heterocycles. The standard InChI is InChI=1S/C15H11FN2O2S/c1-9-5-6-12(21-9)14-13(17-8-20-14)15(19)18-11-4-2-3-10(16)7-11/h2-8H,1H3,(H,18,19). The molecule has 1 N–H and O–H groups in total. The fourth-order valence-corrected chi connectivity index (χ4v) is 2.75. The van der Waals surface area contributed by atoms with Gasteiger partial charge < -0.3 is 9.73 Å². The van der Waals surface area contributed by atoms with Gasteiger partial charge in [-0.2, -0.15) is 0 Å². The predicted molar refractivity (Wildman–Crippen MR) is 78.9 cm³/mol. The first-order valence-corrected chi connectivity index (χ1v) is 7.02. The molecule has 0 saturated heterocycles. The second-order valence-electron chi connectivity index (χ2n) is 4.40. The molecule has 3 aromatic rings. The van der Waals surface area contributed by atoms with Crippen molar-refractivity contribution in [2.45, 2.75) is 6.92 Å². The van der Waals surface area contributed by atoms with Crippen LogP contribution in [-0.2, 0) is 0 Å². The summed E-state index contributed by atoms with van der Waals surface area (Å²) in [6.45, 7) is 1.97. The highest BCUT2D eigenvalue weighted by Gasteiger charge is 2.19. The van der Waals surface area contributed by atoms with Crippen molar-refractivity contribution in [2.75, 3.05) is 5.32 Å². The summed E-state index contributed by atoms with van der Waals surface area (Å²) >= 11 is 1.51. The highest BCUT2D eigenvalue weighted by atomic mass is 32.1. The summed E-state index contributed by atoms with van der Waals surface area (Å²) < 4.78 is 18.4. The molecular formula is C15H11FN2O2S. The lowest BCUT2D eigenvalue weighted by Gasteiger charge is -2.03. The predicted octanol–water partition coefficient (Wildman–Crippen LogP) is 4.10. The fraction of sp³-hybridized carbons (Fsp3) is 0.0667. The van der Waals surface area contributed by atoms with Crippen LogP contribution in [0.1, 0.15) is 15.4 Å². The molecule has 0 bridgehead atoms. The first-order chi connectivity index (χ1) is 10.1. The van der Waals surface area contributed by atoms with E-state index >= 15 is 0 Å². The number of aryl methyl sites for hydroxylation is 1. The maximum Gasteiger partial charge on any atom is 0.278 e. The topological polar surface area (TPSA) is 55.1 Å². The lowest BCUT2D eigenvalue weighted by atomic mass is 10.2. The molecule has 0 aliphatic heterocycles.